The van der Waals surface area contributed by atoms with E-state index in [1.54, 1.807) is 0 Å². The first-order chi connectivity index (χ1) is 13.2. The maximum absolute atomic E-state index is 5.62. The van der Waals surface area contributed by atoms with E-state index in [2.05, 4.69) is 10.2 Å². The van der Waals surface area contributed by atoms with E-state index in [4.69, 9.17) is 11.5 Å². The number of hydrogen-bond donors (Lipinski definition) is 2. The lowest BCUT2D eigenvalue weighted by atomic mass is 10.3. The Morgan fingerprint density at radius 3 is 1.79 bits per heavy atom. The molecule has 150 valence electrons. The predicted octanol–water partition coefficient (Wildman–Crippen LogP) is 5.40. The lowest BCUT2D eigenvalue weighted by Crippen LogP contribution is -2.09. The van der Waals surface area contributed by atoms with Gasteiger partial charge in [-0.3, -0.25) is 0 Å². The van der Waals surface area contributed by atoms with Crippen LogP contribution < -0.4 is 16.4 Å². The number of nitrogens with two attached hydrogens (primary N) is 2. The van der Waals surface area contributed by atoms with Crippen LogP contribution in [0.3, 0.4) is 0 Å². The summed E-state index contributed by atoms with van der Waals surface area (Å²) in [5.74, 6) is 0.838. The highest BCUT2D eigenvalue weighted by Gasteiger charge is 2.02. The van der Waals surface area contributed by atoms with E-state index in [9.17, 15) is 0 Å². The quantitative estimate of drug-likeness (QED) is 0.537. The molecule has 2 rings (SSSR count). The van der Waals surface area contributed by atoms with Gasteiger partial charge in [-0.15, -0.1) is 10.2 Å². The molecule has 0 atom stereocenters. The Kier molecular flexibility index (Phi) is 9.30. The Bertz CT molecular complexity index is 798. The molecule has 0 aliphatic rings. The third-order valence-corrected chi connectivity index (χ3v) is 3.72. The smallest absolute Gasteiger partial charge is 0.153 e. The summed E-state index contributed by atoms with van der Waals surface area (Å²) in [5, 5.41) is 8.49. The van der Waals surface area contributed by atoms with Crippen LogP contribution in [0.15, 0.2) is 82.4 Å². The number of anilines is 3. The second-order valence-corrected chi connectivity index (χ2v) is 6.69. The number of azo groups is 1. The number of benzene rings is 2. The van der Waals surface area contributed by atoms with E-state index in [1.165, 1.54) is 5.69 Å². The highest BCUT2D eigenvalue weighted by atomic mass is 15.3. The van der Waals surface area contributed by atoms with Crippen LogP contribution in [0, 0.1) is 0 Å². The molecule has 0 amide bonds. The summed E-state index contributed by atoms with van der Waals surface area (Å²) in [6.07, 6.45) is 3.91. The third-order valence-electron chi connectivity index (χ3n) is 3.72. The van der Waals surface area contributed by atoms with Gasteiger partial charge in [0.2, 0.25) is 0 Å². The fourth-order valence-electron chi connectivity index (χ4n) is 2.24. The first-order valence-electron chi connectivity index (χ1n) is 9.08. The summed E-state index contributed by atoms with van der Waals surface area (Å²) < 4.78 is 0. The van der Waals surface area contributed by atoms with E-state index >= 15 is 0 Å². The van der Waals surface area contributed by atoms with Crippen LogP contribution in [0.2, 0.25) is 0 Å². The van der Waals surface area contributed by atoms with Gasteiger partial charge in [-0.05, 0) is 74.9 Å². The largest absolute Gasteiger partial charge is 0.399 e. The van der Waals surface area contributed by atoms with Crippen molar-refractivity contribution >= 4 is 22.7 Å². The molecular formula is C22H32N6. The maximum atomic E-state index is 5.62. The molecule has 0 aromatic heterocycles. The topological polar surface area (TPSA) is 83.2 Å². The molecule has 4 N–H and O–H groups in total. The fraction of sp³-hybridized carbons (Fsp3) is 0.273. The Balaban J connectivity index is 0.000000330. The van der Waals surface area contributed by atoms with Crippen molar-refractivity contribution in [1.29, 1.82) is 0 Å². The standard InChI is InChI=1S/C14H20N4.C8H12N2/c1-5-10-18(4)14(11(2)3)17-16-13-8-6-12(15)7-9-13;1-10(2)8-5-3-7(9)4-6-8/h5-10H,15H2,1-4H3;3-6H,9H2,1-2H3/b10-5-,17-16?;. The number of hydrogen-bond acceptors (Lipinski definition) is 6. The molecular weight excluding hydrogens is 348 g/mol. The van der Waals surface area contributed by atoms with Gasteiger partial charge >= 0.3 is 0 Å². The molecule has 2 aromatic carbocycles. The Hall–Kier alpha value is -3.28. The zero-order valence-electron chi connectivity index (χ0n) is 17.7. The molecule has 0 aliphatic heterocycles. The number of allylic oxidation sites excluding steroid dienone is 2. The van der Waals surface area contributed by atoms with E-state index in [-0.39, 0.29) is 0 Å². The zero-order chi connectivity index (χ0) is 21.1. The van der Waals surface area contributed by atoms with Crippen molar-refractivity contribution in [3.05, 3.63) is 72.2 Å². The van der Waals surface area contributed by atoms with E-state index in [0.717, 1.165) is 28.5 Å². The number of rotatable bonds is 5. The van der Waals surface area contributed by atoms with Crippen molar-refractivity contribution < 1.29 is 0 Å². The molecule has 0 unspecified atom stereocenters. The van der Waals surface area contributed by atoms with Gasteiger partial charge < -0.3 is 21.3 Å². The Morgan fingerprint density at radius 2 is 1.36 bits per heavy atom. The average molecular weight is 381 g/mol. The van der Waals surface area contributed by atoms with E-state index in [0.29, 0.717) is 0 Å². The summed E-state index contributed by atoms with van der Waals surface area (Å²) >= 11 is 0. The van der Waals surface area contributed by atoms with Crippen LogP contribution in [0.25, 0.3) is 0 Å². The minimum atomic E-state index is 0.724. The second kappa shape index (κ2) is 11.4. The van der Waals surface area contributed by atoms with E-state index < -0.39 is 0 Å². The molecule has 28 heavy (non-hydrogen) atoms. The minimum absolute atomic E-state index is 0.724. The molecule has 6 nitrogen and oxygen atoms in total. The van der Waals surface area contributed by atoms with Crippen LogP contribution in [0.4, 0.5) is 22.7 Å². The van der Waals surface area contributed by atoms with Gasteiger partial charge in [0.1, 0.15) is 0 Å². The number of nitrogens with zero attached hydrogens (tertiary/aromatic N) is 4. The van der Waals surface area contributed by atoms with Crippen LogP contribution >= 0.6 is 0 Å². The monoisotopic (exact) mass is 380 g/mol. The number of nitrogen functional groups attached to an aromatic ring is 2. The maximum Gasteiger partial charge on any atom is 0.153 e. The second-order valence-electron chi connectivity index (χ2n) is 6.69. The van der Waals surface area contributed by atoms with Crippen molar-refractivity contribution in [3.8, 4) is 0 Å². The van der Waals surface area contributed by atoms with Gasteiger partial charge in [0, 0.05) is 44.4 Å². The molecule has 0 fully saturated rings. The molecule has 0 radical (unpaired) electrons. The first kappa shape index (κ1) is 22.8. The summed E-state index contributed by atoms with van der Waals surface area (Å²) in [4.78, 5) is 3.98. The molecule has 0 spiro atoms. The Labute approximate surface area is 168 Å². The fourth-order valence-corrected chi connectivity index (χ4v) is 2.24. The molecule has 0 saturated heterocycles. The summed E-state index contributed by atoms with van der Waals surface area (Å²) in [6.45, 7) is 5.99. The first-order valence-corrected chi connectivity index (χ1v) is 9.08. The lowest BCUT2D eigenvalue weighted by Gasteiger charge is -2.14. The zero-order valence-corrected chi connectivity index (χ0v) is 17.7. The summed E-state index contributed by atoms with van der Waals surface area (Å²) in [7, 11) is 5.96. The van der Waals surface area contributed by atoms with Crippen LogP contribution in [0.5, 0.6) is 0 Å². The molecule has 0 heterocycles. The highest BCUT2D eigenvalue weighted by Crippen LogP contribution is 2.18. The lowest BCUT2D eigenvalue weighted by molar-refractivity contribution is 0.544. The minimum Gasteiger partial charge on any atom is -0.399 e. The SMILES string of the molecule is C/C=C\N(C)C(N=Nc1ccc(N)cc1)=C(C)C.CN(C)c1ccc(N)cc1. The van der Waals surface area contributed by atoms with Gasteiger partial charge in [-0.1, -0.05) is 6.08 Å². The van der Waals surface area contributed by atoms with Crippen molar-refractivity contribution in [2.75, 3.05) is 37.5 Å². The van der Waals surface area contributed by atoms with Gasteiger partial charge in [-0.25, -0.2) is 0 Å². The normalized spacial score (nSPS) is 10.5. The van der Waals surface area contributed by atoms with Gasteiger partial charge in [0.05, 0.1) is 5.69 Å². The van der Waals surface area contributed by atoms with Crippen molar-refractivity contribution in [1.82, 2.24) is 4.90 Å². The van der Waals surface area contributed by atoms with Crippen LogP contribution in [0.1, 0.15) is 20.8 Å². The average Bonchev–Trinajstić information content (AvgIpc) is 2.64. The molecule has 6 heteroatoms. The molecule has 0 saturated carbocycles. The third kappa shape index (κ3) is 7.95. The molecule has 0 aliphatic carbocycles. The van der Waals surface area contributed by atoms with Gasteiger partial charge in [-0.2, -0.15) is 0 Å². The summed E-state index contributed by atoms with van der Waals surface area (Å²) in [5.41, 5.74) is 15.7. The van der Waals surface area contributed by atoms with Crippen LogP contribution in [-0.2, 0) is 0 Å². The predicted molar refractivity (Wildman–Crippen MR) is 122 cm³/mol. The van der Waals surface area contributed by atoms with Crippen LogP contribution in [-0.4, -0.2) is 26.0 Å². The highest BCUT2D eigenvalue weighted by molar-refractivity contribution is 5.52. The van der Waals surface area contributed by atoms with Crippen molar-refractivity contribution in [3.63, 3.8) is 0 Å². The summed E-state index contributed by atoms with van der Waals surface area (Å²) in [6, 6.07) is 15.1. The van der Waals surface area contributed by atoms with Crippen molar-refractivity contribution in [2.24, 2.45) is 10.2 Å². The molecule has 2 aromatic rings. The van der Waals surface area contributed by atoms with Gasteiger partial charge in [0.25, 0.3) is 0 Å². The molecule has 0 bridgehead atoms. The Morgan fingerprint density at radius 1 is 0.857 bits per heavy atom. The van der Waals surface area contributed by atoms with Gasteiger partial charge in [0.15, 0.2) is 5.82 Å². The van der Waals surface area contributed by atoms with E-state index in [1.807, 2.05) is 113 Å². The van der Waals surface area contributed by atoms with Crippen molar-refractivity contribution in [2.45, 2.75) is 20.8 Å².